The van der Waals surface area contributed by atoms with Crippen LogP contribution >= 0.6 is 15.9 Å². The third kappa shape index (κ3) is 5.04. The molecule has 0 aliphatic carbocycles. The van der Waals surface area contributed by atoms with Gasteiger partial charge in [0, 0.05) is 23.8 Å². The predicted molar refractivity (Wildman–Crippen MR) is 75.3 cm³/mol. The lowest BCUT2D eigenvalue weighted by Crippen LogP contribution is -2.16. The summed E-state index contributed by atoms with van der Waals surface area (Å²) in [6, 6.07) is 2.03. The van der Waals surface area contributed by atoms with E-state index in [1.807, 2.05) is 19.2 Å². The smallest absolute Gasteiger partial charge is 0.126 e. The Balaban J connectivity index is 2.49. The van der Waals surface area contributed by atoms with Crippen LogP contribution in [-0.4, -0.2) is 23.2 Å². The van der Waals surface area contributed by atoms with Crippen molar-refractivity contribution in [1.82, 2.24) is 4.98 Å². The van der Waals surface area contributed by atoms with Gasteiger partial charge in [-0.05, 0) is 53.2 Å². The zero-order valence-corrected chi connectivity index (χ0v) is 12.1. The fourth-order valence-electron chi connectivity index (χ4n) is 1.82. The maximum Gasteiger partial charge on any atom is 0.126 e. The summed E-state index contributed by atoms with van der Waals surface area (Å²) < 4.78 is 1.03. The van der Waals surface area contributed by atoms with Crippen LogP contribution < -0.4 is 5.32 Å². The van der Waals surface area contributed by atoms with Crippen LogP contribution in [0.2, 0.25) is 0 Å². The minimum absolute atomic E-state index is 0.263. The molecule has 1 rings (SSSR count). The van der Waals surface area contributed by atoms with Crippen molar-refractivity contribution in [2.75, 3.05) is 18.5 Å². The number of hydrogen-bond acceptors (Lipinski definition) is 3. The van der Waals surface area contributed by atoms with Gasteiger partial charge in [-0.25, -0.2) is 4.98 Å². The van der Waals surface area contributed by atoms with Gasteiger partial charge < -0.3 is 10.4 Å². The number of aromatic nitrogens is 1. The molecule has 0 saturated heterocycles. The largest absolute Gasteiger partial charge is 0.396 e. The van der Waals surface area contributed by atoms with Gasteiger partial charge in [0.25, 0.3) is 0 Å². The Morgan fingerprint density at radius 1 is 1.47 bits per heavy atom. The van der Waals surface area contributed by atoms with Crippen LogP contribution in [0.4, 0.5) is 5.82 Å². The highest BCUT2D eigenvalue weighted by atomic mass is 79.9. The van der Waals surface area contributed by atoms with E-state index in [4.69, 9.17) is 5.11 Å². The van der Waals surface area contributed by atoms with Crippen molar-refractivity contribution < 1.29 is 5.11 Å². The summed E-state index contributed by atoms with van der Waals surface area (Å²) in [4.78, 5) is 4.31. The highest BCUT2D eigenvalue weighted by molar-refractivity contribution is 9.10. The first-order valence-electron chi connectivity index (χ1n) is 6.14. The first kappa shape index (κ1) is 14.5. The Morgan fingerprint density at radius 3 is 2.82 bits per heavy atom. The molecule has 0 aromatic carbocycles. The molecular weight excluding hydrogens is 280 g/mol. The summed E-state index contributed by atoms with van der Waals surface area (Å²) in [5.74, 6) is 1.43. The molecule has 0 radical (unpaired) electrons. The summed E-state index contributed by atoms with van der Waals surface area (Å²) in [6.07, 6.45) is 4.97. The monoisotopic (exact) mass is 300 g/mol. The summed E-state index contributed by atoms with van der Waals surface area (Å²) in [6.45, 7) is 5.36. The molecule has 96 valence electrons. The number of aliphatic hydroxyl groups is 1. The Bertz CT molecular complexity index is 338. The van der Waals surface area contributed by atoms with Crippen molar-refractivity contribution in [3.63, 3.8) is 0 Å². The Hall–Kier alpha value is -0.610. The molecule has 2 N–H and O–H groups in total. The van der Waals surface area contributed by atoms with Crippen LogP contribution in [0.1, 0.15) is 31.7 Å². The average Bonchev–Trinajstić information content (AvgIpc) is 2.31. The molecule has 4 heteroatoms. The topological polar surface area (TPSA) is 45.1 Å². The number of aryl methyl sites for hydroxylation is 1. The van der Waals surface area contributed by atoms with Crippen LogP contribution in [-0.2, 0) is 0 Å². The number of anilines is 1. The molecule has 0 aliphatic rings. The number of nitrogens with one attached hydrogen (secondary N) is 1. The summed E-state index contributed by atoms with van der Waals surface area (Å²) in [7, 11) is 0. The van der Waals surface area contributed by atoms with Crippen molar-refractivity contribution in [3.05, 3.63) is 22.3 Å². The summed E-state index contributed by atoms with van der Waals surface area (Å²) in [5, 5.41) is 12.3. The van der Waals surface area contributed by atoms with E-state index in [0.717, 1.165) is 36.1 Å². The van der Waals surface area contributed by atoms with E-state index in [1.165, 1.54) is 5.56 Å². The molecule has 17 heavy (non-hydrogen) atoms. The van der Waals surface area contributed by atoms with E-state index >= 15 is 0 Å². The molecule has 1 unspecified atom stereocenters. The molecule has 1 heterocycles. The molecule has 0 amide bonds. The van der Waals surface area contributed by atoms with Gasteiger partial charge in [0.1, 0.15) is 5.82 Å². The van der Waals surface area contributed by atoms with Gasteiger partial charge in [-0.2, -0.15) is 0 Å². The van der Waals surface area contributed by atoms with Crippen LogP contribution in [0.5, 0.6) is 0 Å². The van der Waals surface area contributed by atoms with Gasteiger partial charge in [0.05, 0.1) is 0 Å². The summed E-state index contributed by atoms with van der Waals surface area (Å²) in [5.41, 5.74) is 1.18. The Morgan fingerprint density at radius 2 is 2.24 bits per heavy atom. The summed E-state index contributed by atoms with van der Waals surface area (Å²) >= 11 is 3.44. The van der Waals surface area contributed by atoms with E-state index < -0.39 is 0 Å². The highest BCUT2D eigenvalue weighted by Crippen LogP contribution is 2.18. The molecule has 1 atom stereocenters. The number of halogens is 1. The van der Waals surface area contributed by atoms with Gasteiger partial charge in [-0.1, -0.05) is 13.3 Å². The molecule has 1 aromatic rings. The molecular formula is C13H21BrN2O. The fraction of sp³-hybridized carbons (Fsp3) is 0.615. The van der Waals surface area contributed by atoms with Gasteiger partial charge in [-0.3, -0.25) is 0 Å². The van der Waals surface area contributed by atoms with Crippen molar-refractivity contribution in [2.45, 2.75) is 33.1 Å². The van der Waals surface area contributed by atoms with Crippen molar-refractivity contribution >= 4 is 21.7 Å². The SMILES string of the molecule is CCCC(CCO)CNc1cc(C)c(Br)cn1. The van der Waals surface area contributed by atoms with E-state index in [0.29, 0.717) is 5.92 Å². The number of pyridine rings is 1. The lowest BCUT2D eigenvalue weighted by atomic mass is 10.0. The van der Waals surface area contributed by atoms with Gasteiger partial charge in [0.15, 0.2) is 0 Å². The lowest BCUT2D eigenvalue weighted by Gasteiger charge is -2.16. The number of rotatable bonds is 7. The molecule has 0 bridgehead atoms. The molecule has 0 fully saturated rings. The zero-order chi connectivity index (χ0) is 12.7. The molecule has 3 nitrogen and oxygen atoms in total. The molecule has 0 saturated carbocycles. The number of nitrogens with zero attached hydrogens (tertiary/aromatic N) is 1. The second-order valence-electron chi connectivity index (χ2n) is 4.37. The first-order valence-corrected chi connectivity index (χ1v) is 6.93. The first-order chi connectivity index (χ1) is 8.17. The standard InChI is InChI=1S/C13H21BrN2O/c1-3-4-11(5-6-17)8-15-13-7-10(2)12(14)9-16-13/h7,9,11,17H,3-6,8H2,1-2H3,(H,15,16). The molecule has 0 aliphatic heterocycles. The highest BCUT2D eigenvalue weighted by Gasteiger charge is 2.07. The Labute approximate surface area is 112 Å². The van der Waals surface area contributed by atoms with Crippen LogP contribution in [0.3, 0.4) is 0 Å². The third-order valence-electron chi connectivity index (χ3n) is 2.85. The van der Waals surface area contributed by atoms with Gasteiger partial charge in [-0.15, -0.1) is 0 Å². The van der Waals surface area contributed by atoms with Crippen molar-refractivity contribution in [1.29, 1.82) is 0 Å². The maximum atomic E-state index is 8.99. The average molecular weight is 301 g/mol. The quantitative estimate of drug-likeness (QED) is 0.811. The van der Waals surface area contributed by atoms with Gasteiger partial charge in [0.2, 0.25) is 0 Å². The fourth-order valence-corrected chi connectivity index (χ4v) is 2.04. The molecule has 0 spiro atoms. The normalized spacial score (nSPS) is 12.5. The third-order valence-corrected chi connectivity index (χ3v) is 3.68. The zero-order valence-electron chi connectivity index (χ0n) is 10.5. The number of hydrogen-bond donors (Lipinski definition) is 2. The van der Waals surface area contributed by atoms with Crippen LogP contribution in [0, 0.1) is 12.8 Å². The van der Waals surface area contributed by atoms with Crippen LogP contribution in [0.15, 0.2) is 16.7 Å². The van der Waals surface area contributed by atoms with Crippen molar-refractivity contribution in [3.8, 4) is 0 Å². The second kappa shape index (κ2) is 7.67. The predicted octanol–water partition coefficient (Wildman–Crippen LogP) is 3.36. The minimum atomic E-state index is 0.263. The minimum Gasteiger partial charge on any atom is -0.396 e. The number of aliphatic hydroxyl groups excluding tert-OH is 1. The van der Waals surface area contributed by atoms with Gasteiger partial charge >= 0.3 is 0 Å². The lowest BCUT2D eigenvalue weighted by molar-refractivity contribution is 0.255. The van der Waals surface area contributed by atoms with Crippen LogP contribution in [0.25, 0.3) is 0 Å². The maximum absolute atomic E-state index is 8.99. The Kier molecular flexibility index (Phi) is 6.52. The molecule has 1 aromatic heterocycles. The van der Waals surface area contributed by atoms with E-state index in [9.17, 15) is 0 Å². The van der Waals surface area contributed by atoms with E-state index in [-0.39, 0.29) is 6.61 Å². The second-order valence-corrected chi connectivity index (χ2v) is 5.22. The van der Waals surface area contributed by atoms with E-state index in [1.54, 1.807) is 0 Å². The van der Waals surface area contributed by atoms with E-state index in [2.05, 4.69) is 33.2 Å². The van der Waals surface area contributed by atoms with Crippen molar-refractivity contribution in [2.24, 2.45) is 5.92 Å².